The molecule has 1 fully saturated rings. The molecular formula is C30H31NO5. The van der Waals surface area contributed by atoms with Crippen LogP contribution in [0.1, 0.15) is 42.9 Å². The molecule has 2 aliphatic carbocycles. The highest BCUT2D eigenvalue weighted by Gasteiger charge is 2.65. The van der Waals surface area contributed by atoms with Gasteiger partial charge in [0.05, 0.1) is 13.2 Å². The Kier molecular flexibility index (Phi) is 6.31. The molecule has 0 bridgehead atoms. The summed E-state index contributed by atoms with van der Waals surface area (Å²) in [4.78, 5) is 25.3. The molecule has 2 unspecified atom stereocenters. The maximum absolute atomic E-state index is 12.9. The minimum Gasteiger partial charge on any atom is -0.479 e. The lowest BCUT2D eigenvalue weighted by Crippen LogP contribution is -2.74. The van der Waals surface area contributed by atoms with Crippen molar-refractivity contribution in [1.29, 1.82) is 0 Å². The summed E-state index contributed by atoms with van der Waals surface area (Å²) < 4.78 is 11.5. The smallest absolute Gasteiger partial charge is 0.408 e. The predicted octanol–water partition coefficient (Wildman–Crippen LogP) is 5.61. The number of alkyl carbamates (subject to hydrolysis) is 1. The lowest BCUT2D eigenvalue weighted by atomic mass is 9.49. The van der Waals surface area contributed by atoms with Gasteiger partial charge < -0.3 is 19.9 Å². The summed E-state index contributed by atoms with van der Waals surface area (Å²) in [5, 5.41) is 12.8. The van der Waals surface area contributed by atoms with E-state index in [2.05, 4.69) is 29.6 Å². The van der Waals surface area contributed by atoms with Gasteiger partial charge in [-0.1, -0.05) is 92.7 Å². The standard InChI is InChI=1S/C30H31NO5/c1-29(2)21(18-35-17-20-10-4-3-5-11-20)16-30(29,27(32)33)31-28(34)36-19-26-24-14-8-6-12-22(24)23-13-7-9-15-25(23)26/h3-15,21,26H,16-19H2,1-2H3,(H,31,34)(H,32,33). The van der Waals surface area contributed by atoms with Gasteiger partial charge in [-0.3, -0.25) is 0 Å². The summed E-state index contributed by atoms with van der Waals surface area (Å²) in [6.45, 7) is 4.76. The lowest BCUT2D eigenvalue weighted by molar-refractivity contribution is -0.174. The number of hydrogen-bond donors (Lipinski definition) is 2. The van der Waals surface area contributed by atoms with Crippen LogP contribution in [0, 0.1) is 11.3 Å². The molecule has 0 heterocycles. The van der Waals surface area contributed by atoms with E-state index >= 15 is 0 Å². The Labute approximate surface area is 211 Å². The third-order valence-corrected chi connectivity index (χ3v) is 8.13. The molecular weight excluding hydrogens is 454 g/mol. The first-order valence-corrected chi connectivity index (χ1v) is 12.3. The van der Waals surface area contributed by atoms with Crippen molar-refractivity contribution in [3.63, 3.8) is 0 Å². The Morgan fingerprint density at radius 1 is 0.889 bits per heavy atom. The van der Waals surface area contributed by atoms with Gasteiger partial charge in [-0.05, 0) is 40.2 Å². The number of benzene rings is 3. The second-order valence-corrected chi connectivity index (χ2v) is 10.3. The van der Waals surface area contributed by atoms with E-state index in [4.69, 9.17) is 9.47 Å². The first-order valence-electron chi connectivity index (χ1n) is 12.3. The summed E-state index contributed by atoms with van der Waals surface area (Å²) in [6.07, 6.45) is -0.426. The van der Waals surface area contributed by atoms with Crippen molar-refractivity contribution in [3.8, 4) is 11.1 Å². The molecule has 0 aromatic heterocycles. The van der Waals surface area contributed by atoms with Crippen LogP contribution in [-0.4, -0.2) is 35.9 Å². The van der Waals surface area contributed by atoms with Gasteiger partial charge in [0, 0.05) is 11.3 Å². The molecule has 3 aromatic carbocycles. The van der Waals surface area contributed by atoms with E-state index in [-0.39, 0.29) is 24.9 Å². The number of carbonyl (C=O) groups is 2. The molecule has 0 radical (unpaired) electrons. The number of rotatable bonds is 8. The van der Waals surface area contributed by atoms with Crippen LogP contribution in [0.2, 0.25) is 0 Å². The third-order valence-electron chi connectivity index (χ3n) is 8.13. The molecule has 2 aliphatic rings. The maximum Gasteiger partial charge on any atom is 0.408 e. The van der Waals surface area contributed by atoms with Gasteiger partial charge in [-0.25, -0.2) is 9.59 Å². The normalized spacial score (nSPS) is 21.7. The van der Waals surface area contributed by atoms with Gasteiger partial charge in [0.15, 0.2) is 0 Å². The van der Waals surface area contributed by atoms with Crippen molar-refractivity contribution < 1.29 is 24.2 Å². The highest BCUT2D eigenvalue weighted by molar-refractivity contribution is 5.87. The summed E-state index contributed by atoms with van der Waals surface area (Å²) in [7, 11) is 0. The Morgan fingerprint density at radius 3 is 2.06 bits per heavy atom. The van der Waals surface area contributed by atoms with Crippen molar-refractivity contribution in [2.75, 3.05) is 13.2 Å². The maximum atomic E-state index is 12.9. The average Bonchev–Trinajstić information content (AvgIpc) is 3.20. The van der Waals surface area contributed by atoms with E-state index in [0.717, 1.165) is 27.8 Å². The predicted molar refractivity (Wildman–Crippen MR) is 137 cm³/mol. The molecule has 1 saturated carbocycles. The van der Waals surface area contributed by atoms with E-state index < -0.39 is 23.0 Å². The third kappa shape index (κ3) is 4.05. The fraction of sp³-hybridized carbons (Fsp3) is 0.333. The second-order valence-electron chi connectivity index (χ2n) is 10.3. The van der Waals surface area contributed by atoms with Crippen molar-refractivity contribution in [1.82, 2.24) is 5.32 Å². The van der Waals surface area contributed by atoms with Gasteiger partial charge in [0.25, 0.3) is 0 Å². The molecule has 3 aromatic rings. The fourth-order valence-corrected chi connectivity index (χ4v) is 5.70. The second kappa shape index (κ2) is 9.43. The van der Waals surface area contributed by atoms with Crippen molar-refractivity contribution in [2.24, 2.45) is 11.3 Å². The van der Waals surface area contributed by atoms with Gasteiger partial charge in [-0.2, -0.15) is 0 Å². The number of nitrogens with one attached hydrogen (secondary N) is 1. The van der Waals surface area contributed by atoms with Crippen LogP contribution in [0.25, 0.3) is 11.1 Å². The van der Waals surface area contributed by atoms with Crippen LogP contribution in [0.3, 0.4) is 0 Å². The zero-order valence-electron chi connectivity index (χ0n) is 20.6. The minimum atomic E-state index is -1.41. The number of ether oxygens (including phenoxy) is 2. The molecule has 1 amide bonds. The minimum absolute atomic E-state index is 0.00815. The number of carboxylic acid groups (broad SMARTS) is 1. The topological polar surface area (TPSA) is 84.9 Å². The SMILES string of the molecule is CC1(C)C(COCc2ccccc2)CC1(NC(=O)OCC1c2ccccc2-c2ccccc21)C(=O)O. The quantitative estimate of drug-likeness (QED) is 0.433. The van der Waals surface area contributed by atoms with Crippen LogP contribution in [0.15, 0.2) is 78.9 Å². The van der Waals surface area contributed by atoms with Crippen LogP contribution in [-0.2, 0) is 20.9 Å². The number of carbonyl (C=O) groups excluding carboxylic acids is 1. The van der Waals surface area contributed by atoms with Gasteiger partial charge in [0.2, 0.25) is 0 Å². The molecule has 0 aliphatic heterocycles. The Balaban J connectivity index is 1.22. The van der Waals surface area contributed by atoms with Gasteiger partial charge in [-0.15, -0.1) is 0 Å². The van der Waals surface area contributed by atoms with Crippen molar-refractivity contribution in [3.05, 3.63) is 95.6 Å². The number of amides is 1. The molecule has 0 spiro atoms. The number of hydrogen-bond acceptors (Lipinski definition) is 4. The summed E-state index contributed by atoms with van der Waals surface area (Å²) in [6, 6.07) is 26.1. The molecule has 6 heteroatoms. The van der Waals surface area contributed by atoms with E-state index in [1.54, 1.807) is 0 Å². The molecule has 6 nitrogen and oxygen atoms in total. The average molecular weight is 486 g/mol. The van der Waals surface area contributed by atoms with Crippen LogP contribution in [0.4, 0.5) is 4.79 Å². The molecule has 5 rings (SSSR count). The van der Waals surface area contributed by atoms with Crippen molar-refractivity contribution >= 4 is 12.1 Å². The zero-order chi connectivity index (χ0) is 25.3. The Bertz CT molecular complexity index is 1230. The molecule has 2 N–H and O–H groups in total. The Morgan fingerprint density at radius 2 is 1.47 bits per heavy atom. The zero-order valence-corrected chi connectivity index (χ0v) is 20.6. The Hall–Kier alpha value is -3.64. The largest absolute Gasteiger partial charge is 0.479 e. The monoisotopic (exact) mass is 485 g/mol. The molecule has 0 saturated heterocycles. The summed E-state index contributed by atoms with van der Waals surface area (Å²) in [5.74, 6) is -1.15. The lowest BCUT2D eigenvalue weighted by Gasteiger charge is -2.58. The molecule has 36 heavy (non-hydrogen) atoms. The van der Waals surface area contributed by atoms with E-state index in [9.17, 15) is 14.7 Å². The fourth-order valence-electron chi connectivity index (χ4n) is 5.70. The summed E-state index contributed by atoms with van der Waals surface area (Å²) >= 11 is 0. The number of carboxylic acids is 1. The van der Waals surface area contributed by atoms with Crippen LogP contribution in [0.5, 0.6) is 0 Å². The van der Waals surface area contributed by atoms with E-state index in [0.29, 0.717) is 13.2 Å². The van der Waals surface area contributed by atoms with E-state index in [1.807, 2.05) is 68.4 Å². The first kappa shape index (κ1) is 24.1. The molecule has 2 atom stereocenters. The highest BCUT2D eigenvalue weighted by atomic mass is 16.5. The number of fused-ring (bicyclic) bond motifs is 3. The van der Waals surface area contributed by atoms with Crippen LogP contribution >= 0.6 is 0 Å². The van der Waals surface area contributed by atoms with Gasteiger partial charge >= 0.3 is 12.1 Å². The highest BCUT2D eigenvalue weighted by Crippen LogP contribution is 2.54. The van der Waals surface area contributed by atoms with Gasteiger partial charge in [0.1, 0.15) is 12.1 Å². The molecule has 186 valence electrons. The van der Waals surface area contributed by atoms with Crippen molar-refractivity contribution in [2.45, 2.75) is 38.3 Å². The van der Waals surface area contributed by atoms with Crippen LogP contribution < -0.4 is 5.32 Å². The summed E-state index contributed by atoms with van der Waals surface area (Å²) in [5.41, 5.74) is 3.46. The number of aliphatic carboxylic acids is 1. The van der Waals surface area contributed by atoms with E-state index in [1.165, 1.54) is 0 Å². The first-order chi connectivity index (χ1) is 17.3.